The fraction of sp³-hybridized carbons (Fsp3) is 0.889. The molecule has 0 unspecified atom stereocenters. The highest BCUT2D eigenvalue weighted by Gasteiger charge is 2.36. The summed E-state index contributed by atoms with van der Waals surface area (Å²) in [4.78, 5) is 1.65. The van der Waals surface area contributed by atoms with Gasteiger partial charge in [-0.25, -0.2) is 5.48 Å². The lowest BCUT2D eigenvalue weighted by molar-refractivity contribution is -0.0972. The lowest BCUT2D eigenvalue weighted by atomic mass is 9.90. The van der Waals surface area contributed by atoms with E-state index in [1.165, 1.54) is 6.42 Å². The van der Waals surface area contributed by atoms with Crippen molar-refractivity contribution in [2.75, 3.05) is 6.54 Å². The molecule has 0 radical (unpaired) electrons. The van der Waals surface area contributed by atoms with E-state index in [0.717, 1.165) is 25.7 Å². The van der Waals surface area contributed by atoms with E-state index >= 15 is 0 Å². The van der Waals surface area contributed by atoms with E-state index in [2.05, 4.69) is 0 Å². The van der Waals surface area contributed by atoms with Crippen LogP contribution in [-0.2, 0) is 0 Å². The van der Waals surface area contributed by atoms with Gasteiger partial charge in [-0.15, -0.1) is 0 Å². The summed E-state index contributed by atoms with van der Waals surface area (Å²) in [6.07, 6.45) is 4.65. The molecule has 1 fully saturated rings. The summed E-state index contributed by atoms with van der Waals surface area (Å²) in [5, 5.41) is 19.3. The molecule has 1 aliphatic carbocycles. The second-order valence-corrected chi connectivity index (χ2v) is 4.09. The highest BCUT2D eigenvalue weighted by Crippen LogP contribution is 2.31. The Bertz CT molecular complexity index is 205. The van der Waals surface area contributed by atoms with Crippen molar-refractivity contribution < 1.29 is 10.3 Å². The molecule has 0 aromatic carbocycles. The molecule has 1 saturated carbocycles. The van der Waals surface area contributed by atoms with Crippen molar-refractivity contribution >= 4 is 17.3 Å². The number of hydrogen-bond donors (Lipinski definition) is 3. The third-order valence-electron chi connectivity index (χ3n) is 2.81. The lowest BCUT2D eigenvalue weighted by Crippen LogP contribution is -2.55. The molecule has 0 spiro atoms. The zero-order valence-corrected chi connectivity index (χ0v) is 9.31. The average Bonchev–Trinajstić information content (AvgIpc) is 2.19. The molecule has 0 saturated heterocycles. The second kappa shape index (κ2) is 4.91. The molecule has 0 aromatic rings. The minimum absolute atomic E-state index is 0.205. The van der Waals surface area contributed by atoms with Crippen molar-refractivity contribution in [3.8, 4) is 0 Å². The minimum atomic E-state index is -0.861. The van der Waals surface area contributed by atoms with Crippen LogP contribution in [0.15, 0.2) is 0 Å². The van der Waals surface area contributed by atoms with Gasteiger partial charge in [0.2, 0.25) is 0 Å². The Morgan fingerprint density at radius 2 is 2.00 bits per heavy atom. The van der Waals surface area contributed by atoms with Crippen molar-refractivity contribution in [1.82, 2.24) is 10.4 Å². The summed E-state index contributed by atoms with van der Waals surface area (Å²) in [7, 11) is 0. The number of nitrogens with zero attached hydrogens (tertiary/aromatic N) is 1. The number of hydrogen-bond acceptors (Lipinski definition) is 3. The first-order valence-corrected chi connectivity index (χ1v) is 5.49. The maximum atomic E-state index is 10.3. The highest BCUT2D eigenvalue weighted by atomic mass is 32.1. The van der Waals surface area contributed by atoms with E-state index in [1.807, 2.05) is 12.4 Å². The van der Waals surface area contributed by atoms with Gasteiger partial charge in [-0.3, -0.25) is 5.21 Å². The summed E-state index contributed by atoms with van der Waals surface area (Å²) < 4.78 is 0. The molecule has 0 aliphatic heterocycles. The Morgan fingerprint density at radius 1 is 1.43 bits per heavy atom. The normalized spacial score (nSPS) is 20.2. The summed E-state index contributed by atoms with van der Waals surface area (Å²) in [5.41, 5.74) is 1.07. The largest absolute Gasteiger partial charge is 0.371 e. The quantitative estimate of drug-likeness (QED) is 0.370. The predicted octanol–water partition coefficient (Wildman–Crippen LogP) is 1.22. The molecular formula is C9H18N2O2S. The smallest absolute Gasteiger partial charge is 0.195 e. The number of nitrogens with one attached hydrogen (secondary N) is 1. The Labute approximate surface area is 89.9 Å². The Morgan fingerprint density at radius 3 is 2.43 bits per heavy atom. The van der Waals surface area contributed by atoms with Crippen LogP contribution in [0.25, 0.3) is 0 Å². The van der Waals surface area contributed by atoms with E-state index in [1.54, 1.807) is 4.90 Å². The number of hydroxylamine groups is 1. The highest BCUT2D eigenvalue weighted by molar-refractivity contribution is 7.80. The lowest BCUT2D eigenvalue weighted by Gasteiger charge is -2.42. The SMILES string of the molecule is CCN(C(=S)NO)C1(O)CCCCC1. The molecule has 1 rings (SSSR count). The van der Waals surface area contributed by atoms with Gasteiger partial charge in [0.05, 0.1) is 0 Å². The zero-order chi connectivity index (χ0) is 10.6. The van der Waals surface area contributed by atoms with Crippen LogP contribution in [0, 0.1) is 0 Å². The van der Waals surface area contributed by atoms with Gasteiger partial charge >= 0.3 is 0 Å². The van der Waals surface area contributed by atoms with E-state index in [-0.39, 0.29) is 5.11 Å². The van der Waals surface area contributed by atoms with Gasteiger partial charge < -0.3 is 10.0 Å². The summed E-state index contributed by atoms with van der Waals surface area (Å²) >= 11 is 4.93. The molecule has 4 nitrogen and oxygen atoms in total. The van der Waals surface area contributed by atoms with Crippen LogP contribution in [0.1, 0.15) is 39.0 Å². The van der Waals surface area contributed by atoms with Gasteiger partial charge in [-0.1, -0.05) is 6.42 Å². The summed E-state index contributed by atoms with van der Waals surface area (Å²) in [6, 6.07) is 0. The fourth-order valence-electron chi connectivity index (χ4n) is 2.08. The van der Waals surface area contributed by atoms with Crippen molar-refractivity contribution in [3.05, 3.63) is 0 Å². The molecule has 0 amide bonds. The van der Waals surface area contributed by atoms with E-state index in [4.69, 9.17) is 17.4 Å². The van der Waals surface area contributed by atoms with E-state index in [9.17, 15) is 5.11 Å². The van der Waals surface area contributed by atoms with E-state index in [0.29, 0.717) is 6.54 Å². The third-order valence-corrected chi connectivity index (χ3v) is 3.13. The van der Waals surface area contributed by atoms with Crippen LogP contribution in [0.4, 0.5) is 0 Å². The summed E-state index contributed by atoms with van der Waals surface area (Å²) in [6.45, 7) is 2.51. The molecule has 0 atom stereocenters. The van der Waals surface area contributed by atoms with Gasteiger partial charge in [-0.2, -0.15) is 0 Å². The van der Waals surface area contributed by atoms with Crippen molar-refractivity contribution in [1.29, 1.82) is 0 Å². The monoisotopic (exact) mass is 218 g/mol. The topological polar surface area (TPSA) is 55.7 Å². The molecule has 14 heavy (non-hydrogen) atoms. The first-order chi connectivity index (χ1) is 6.64. The van der Waals surface area contributed by atoms with E-state index < -0.39 is 5.72 Å². The maximum Gasteiger partial charge on any atom is 0.195 e. The van der Waals surface area contributed by atoms with Crippen LogP contribution in [-0.4, -0.2) is 32.6 Å². The van der Waals surface area contributed by atoms with Crippen LogP contribution in [0.2, 0.25) is 0 Å². The Kier molecular flexibility index (Phi) is 4.10. The number of thiocarbonyl (C=S) groups is 1. The van der Waals surface area contributed by atoms with Crippen molar-refractivity contribution in [3.63, 3.8) is 0 Å². The van der Waals surface area contributed by atoms with Gasteiger partial charge in [0.25, 0.3) is 0 Å². The van der Waals surface area contributed by atoms with Gasteiger partial charge in [0.1, 0.15) is 5.72 Å². The molecular weight excluding hydrogens is 200 g/mol. The first-order valence-electron chi connectivity index (χ1n) is 5.08. The predicted molar refractivity (Wildman–Crippen MR) is 57.9 cm³/mol. The third kappa shape index (κ3) is 2.34. The van der Waals surface area contributed by atoms with Crippen LogP contribution >= 0.6 is 12.2 Å². The van der Waals surface area contributed by atoms with Crippen LogP contribution in [0.3, 0.4) is 0 Å². The molecule has 3 N–H and O–H groups in total. The standard InChI is InChI=1S/C9H18N2O2S/c1-2-11(8(14)10-13)9(12)6-4-3-5-7-9/h12-13H,2-7H2,1H3,(H,10,14). The minimum Gasteiger partial charge on any atom is -0.371 e. The van der Waals surface area contributed by atoms with Gasteiger partial charge in [0.15, 0.2) is 5.11 Å². The molecule has 1 aliphatic rings. The fourth-order valence-corrected chi connectivity index (χ4v) is 2.37. The van der Waals surface area contributed by atoms with Crippen LogP contribution in [0.5, 0.6) is 0 Å². The summed E-state index contributed by atoms with van der Waals surface area (Å²) in [5.74, 6) is 0. The molecule has 5 heteroatoms. The average molecular weight is 218 g/mol. The number of rotatable bonds is 2. The molecule has 0 heterocycles. The molecule has 0 aromatic heterocycles. The zero-order valence-electron chi connectivity index (χ0n) is 8.49. The molecule has 82 valence electrons. The van der Waals surface area contributed by atoms with Gasteiger partial charge in [-0.05, 0) is 44.8 Å². The van der Waals surface area contributed by atoms with Crippen molar-refractivity contribution in [2.24, 2.45) is 0 Å². The number of aliphatic hydroxyl groups is 1. The first kappa shape index (κ1) is 11.7. The molecule has 0 bridgehead atoms. The maximum absolute atomic E-state index is 10.3. The second-order valence-electron chi connectivity index (χ2n) is 3.70. The van der Waals surface area contributed by atoms with Crippen LogP contribution < -0.4 is 5.48 Å². The Hall–Kier alpha value is -0.390. The van der Waals surface area contributed by atoms with Gasteiger partial charge in [0, 0.05) is 6.54 Å². The Balaban J connectivity index is 2.70. The van der Waals surface area contributed by atoms with Crippen molar-refractivity contribution in [2.45, 2.75) is 44.8 Å².